The molecule has 0 fully saturated rings. The molecule has 0 radical (unpaired) electrons. The van der Waals surface area contributed by atoms with Gasteiger partial charge in [-0.25, -0.2) is 9.59 Å². The molecular weight excluding hydrogens is 230 g/mol. The molecule has 0 amide bonds. The largest absolute Gasteiger partial charge is 0.478 e. The van der Waals surface area contributed by atoms with E-state index in [0.29, 0.717) is 6.07 Å². The summed E-state index contributed by atoms with van der Waals surface area (Å²) in [4.78, 5) is 30.7. The highest BCUT2D eigenvalue weighted by Crippen LogP contribution is 2.17. The molecule has 0 saturated heterocycles. The normalized spacial score (nSPS) is 8.82. The summed E-state index contributed by atoms with van der Waals surface area (Å²) >= 11 is 0. The van der Waals surface area contributed by atoms with E-state index in [-0.39, 0.29) is 0 Å². The third-order valence-corrected chi connectivity index (χ3v) is 1.67. The minimum absolute atomic E-state index is 0.461. The Morgan fingerprint density at radius 2 is 1.59 bits per heavy atom. The zero-order valence-corrected chi connectivity index (χ0v) is 9.21. The number of nitro benzene ring substituents is 1. The fraction of sp³-hybridized carbons (Fsp3) is 0.200. The van der Waals surface area contributed by atoms with Crippen LogP contribution in [0.5, 0.6) is 0 Å². The zero-order valence-electron chi connectivity index (χ0n) is 9.21. The molecule has 0 heterocycles. The van der Waals surface area contributed by atoms with Crippen LogP contribution in [0.2, 0.25) is 0 Å². The van der Waals surface area contributed by atoms with Crippen molar-refractivity contribution in [2.24, 2.45) is 0 Å². The van der Waals surface area contributed by atoms with Gasteiger partial charge >= 0.3 is 11.9 Å². The van der Waals surface area contributed by atoms with E-state index in [0.717, 1.165) is 12.1 Å². The van der Waals surface area contributed by atoms with Crippen LogP contribution in [-0.4, -0.2) is 27.1 Å². The van der Waals surface area contributed by atoms with Crippen molar-refractivity contribution < 1.29 is 24.7 Å². The third kappa shape index (κ3) is 3.56. The second-order valence-corrected chi connectivity index (χ2v) is 2.60. The molecule has 1 aromatic carbocycles. The van der Waals surface area contributed by atoms with Gasteiger partial charge in [0.2, 0.25) is 0 Å². The van der Waals surface area contributed by atoms with Gasteiger partial charge in [-0.05, 0) is 6.07 Å². The first-order valence-corrected chi connectivity index (χ1v) is 4.68. The number of non-ortho nitro benzene ring substituents is 1. The number of hydrogen-bond donors (Lipinski definition) is 2. The second kappa shape index (κ2) is 6.21. The molecule has 0 aliphatic heterocycles. The second-order valence-electron chi connectivity index (χ2n) is 2.60. The lowest BCUT2D eigenvalue weighted by Gasteiger charge is -2.00. The lowest BCUT2D eigenvalue weighted by atomic mass is 10.1. The molecule has 7 heteroatoms. The maximum atomic E-state index is 10.6. The molecule has 1 rings (SSSR count). The van der Waals surface area contributed by atoms with Crippen molar-refractivity contribution in [3.05, 3.63) is 39.4 Å². The number of carboxylic acid groups (broad SMARTS) is 2. The van der Waals surface area contributed by atoms with E-state index in [4.69, 9.17) is 10.2 Å². The molecule has 0 aliphatic rings. The van der Waals surface area contributed by atoms with Crippen molar-refractivity contribution in [2.75, 3.05) is 0 Å². The topological polar surface area (TPSA) is 118 Å². The van der Waals surface area contributed by atoms with E-state index in [2.05, 4.69) is 0 Å². The predicted octanol–water partition coefficient (Wildman–Crippen LogP) is 2.02. The summed E-state index contributed by atoms with van der Waals surface area (Å²) in [5.41, 5.74) is -1.54. The number of aromatic carboxylic acids is 2. The number of rotatable bonds is 3. The molecule has 2 N–H and O–H groups in total. The highest BCUT2D eigenvalue weighted by Gasteiger charge is 2.19. The molecule has 0 aromatic heterocycles. The van der Waals surface area contributed by atoms with Gasteiger partial charge in [-0.2, -0.15) is 0 Å². The standard InChI is InChI=1S/C8H5NO6.C2H6/c10-7(11)5-2-1-4(9(14)15)3-6(5)8(12)13;1-2/h1-3H,(H,10,11)(H,12,13);1-2H3. The van der Waals surface area contributed by atoms with Crippen LogP contribution in [0.4, 0.5) is 5.69 Å². The van der Waals surface area contributed by atoms with Gasteiger partial charge in [-0.3, -0.25) is 10.1 Å². The highest BCUT2D eigenvalue weighted by atomic mass is 16.6. The molecular formula is C10H11NO6. The molecule has 7 nitrogen and oxygen atoms in total. The van der Waals surface area contributed by atoms with Crippen LogP contribution >= 0.6 is 0 Å². The van der Waals surface area contributed by atoms with Crippen LogP contribution in [-0.2, 0) is 0 Å². The van der Waals surface area contributed by atoms with E-state index in [1.165, 1.54) is 0 Å². The summed E-state index contributed by atoms with van der Waals surface area (Å²) in [6.07, 6.45) is 0. The lowest BCUT2D eigenvalue weighted by molar-refractivity contribution is -0.384. The van der Waals surface area contributed by atoms with Crippen molar-refractivity contribution in [3.63, 3.8) is 0 Å². The van der Waals surface area contributed by atoms with Gasteiger partial charge < -0.3 is 10.2 Å². The van der Waals surface area contributed by atoms with Crippen molar-refractivity contribution in [1.29, 1.82) is 0 Å². The van der Waals surface area contributed by atoms with E-state index in [1.54, 1.807) is 0 Å². The van der Waals surface area contributed by atoms with Crippen LogP contribution in [0.3, 0.4) is 0 Å². The number of hydrogen-bond acceptors (Lipinski definition) is 4. The van der Waals surface area contributed by atoms with Gasteiger partial charge in [0, 0.05) is 12.1 Å². The first-order valence-electron chi connectivity index (χ1n) is 4.68. The summed E-state index contributed by atoms with van der Waals surface area (Å²) in [7, 11) is 0. The van der Waals surface area contributed by atoms with Crippen molar-refractivity contribution >= 4 is 17.6 Å². The van der Waals surface area contributed by atoms with E-state index >= 15 is 0 Å². The van der Waals surface area contributed by atoms with Crippen LogP contribution in [0, 0.1) is 10.1 Å². The maximum absolute atomic E-state index is 10.6. The Kier molecular flexibility index (Phi) is 5.32. The highest BCUT2D eigenvalue weighted by molar-refractivity contribution is 6.02. The first-order chi connectivity index (χ1) is 7.93. The third-order valence-electron chi connectivity index (χ3n) is 1.67. The average molecular weight is 241 g/mol. The molecule has 0 unspecified atom stereocenters. The molecule has 0 atom stereocenters. The number of carboxylic acids is 2. The fourth-order valence-corrected chi connectivity index (χ4v) is 1.01. The molecule has 1 aromatic rings. The van der Waals surface area contributed by atoms with E-state index < -0.39 is 33.7 Å². The minimum Gasteiger partial charge on any atom is -0.478 e. The molecule has 17 heavy (non-hydrogen) atoms. The molecule has 0 aliphatic carbocycles. The smallest absolute Gasteiger partial charge is 0.336 e. The zero-order chi connectivity index (χ0) is 13.6. The molecule has 92 valence electrons. The number of benzene rings is 1. The Balaban J connectivity index is 0.00000121. The summed E-state index contributed by atoms with van der Waals surface area (Å²) in [6.45, 7) is 4.00. The summed E-state index contributed by atoms with van der Waals surface area (Å²) in [6, 6.07) is 2.55. The lowest BCUT2D eigenvalue weighted by Crippen LogP contribution is -2.08. The Morgan fingerprint density at radius 1 is 1.12 bits per heavy atom. The van der Waals surface area contributed by atoms with Crippen molar-refractivity contribution in [3.8, 4) is 0 Å². The average Bonchev–Trinajstić information content (AvgIpc) is 2.30. The Labute approximate surface area is 96.5 Å². The maximum Gasteiger partial charge on any atom is 0.336 e. The Morgan fingerprint density at radius 3 is 1.94 bits per heavy atom. The van der Waals surface area contributed by atoms with Gasteiger partial charge in [-0.1, -0.05) is 13.8 Å². The SMILES string of the molecule is CC.O=C(O)c1ccc([N+](=O)[O-])cc1C(=O)O. The number of nitrogens with zero attached hydrogens (tertiary/aromatic N) is 1. The Hall–Kier alpha value is -2.44. The first kappa shape index (κ1) is 14.6. The van der Waals surface area contributed by atoms with Crippen molar-refractivity contribution in [2.45, 2.75) is 13.8 Å². The molecule has 0 saturated carbocycles. The number of nitro groups is 1. The monoisotopic (exact) mass is 241 g/mol. The van der Waals surface area contributed by atoms with E-state index in [1.807, 2.05) is 13.8 Å². The van der Waals surface area contributed by atoms with Gasteiger partial charge in [0.25, 0.3) is 5.69 Å². The van der Waals surface area contributed by atoms with Gasteiger partial charge in [-0.15, -0.1) is 0 Å². The summed E-state index contributed by atoms with van der Waals surface area (Å²) in [5, 5.41) is 27.6. The fourth-order valence-electron chi connectivity index (χ4n) is 1.01. The van der Waals surface area contributed by atoms with E-state index in [9.17, 15) is 19.7 Å². The minimum atomic E-state index is -1.52. The van der Waals surface area contributed by atoms with Crippen LogP contribution < -0.4 is 0 Å². The molecule has 0 spiro atoms. The molecule has 0 bridgehead atoms. The Bertz CT molecular complexity index is 454. The van der Waals surface area contributed by atoms with Gasteiger partial charge in [0.1, 0.15) is 0 Å². The quantitative estimate of drug-likeness (QED) is 0.617. The predicted molar refractivity (Wildman–Crippen MR) is 58.4 cm³/mol. The number of carbonyl (C=O) groups is 2. The van der Waals surface area contributed by atoms with Crippen LogP contribution in [0.1, 0.15) is 34.6 Å². The summed E-state index contributed by atoms with van der Waals surface area (Å²) < 4.78 is 0. The van der Waals surface area contributed by atoms with Crippen LogP contribution in [0.25, 0.3) is 0 Å². The van der Waals surface area contributed by atoms with Gasteiger partial charge in [0.05, 0.1) is 16.1 Å². The summed E-state index contributed by atoms with van der Waals surface area (Å²) in [5.74, 6) is -2.96. The van der Waals surface area contributed by atoms with Crippen molar-refractivity contribution in [1.82, 2.24) is 0 Å². The van der Waals surface area contributed by atoms with Crippen LogP contribution in [0.15, 0.2) is 18.2 Å². The van der Waals surface area contributed by atoms with Gasteiger partial charge in [0.15, 0.2) is 0 Å².